The van der Waals surface area contributed by atoms with Crippen LogP contribution < -0.4 is 10.6 Å². The Morgan fingerprint density at radius 2 is 1.80 bits per heavy atom. The molecule has 0 spiro atoms. The molecule has 1 atom stereocenters. The van der Waals surface area contributed by atoms with E-state index < -0.39 is 0 Å². The second-order valence-electron chi connectivity index (χ2n) is 5.57. The van der Waals surface area contributed by atoms with Gasteiger partial charge in [-0.1, -0.05) is 19.3 Å². The third-order valence-corrected chi connectivity index (χ3v) is 3.10. The lowest BCUT2D eigenvalue weighted by atomic mass is 10.1. The average molecular weight is 286 g/mol. The Labute approximate surface area is 125 Å². The molecule has 5 nitrogen and oxygen atoms in total. The first-order chi connectivity index (χ1) is 9.60. The van der Waals surface area contributed by atoms with Crippen molar-refractivity contribution in [1.29, 1.82) is 0 Å². The Kier molecular flexibility index (Phi) is 12.7. The zero-order chi connectivity index (χ0) is 15.2. The standard InChI is InChI=1S/C15H34N4O/c1-14(13-20-5)18-15(16-2)17-11-9-7-6-8-10-12-19(3)4/h14H,6-13H2,1-5H3,(H2,16,17,18). The summed E-state index contributed by atoms with van der Waals surface area (Å²) >= 11 is 0. The molecule has 120 valence electrons. The topological polar surface area (TPSA) is 48.9 Å². The molecule has 0 aromatic rings. The van der Waals surface area contributed by atoms with Crippen molar-refractivity contribution in [2.45, 2.75) is 45.1 Å². The maximum atomic E-state index is 5.10. The lowest BCUT2D eigenvalue weighted by Gasteiger charge is -2.17. The normalized spacial score (nSPS) is 13.6. The summed E-state index contributed by atoms with van der Waals surface area (Å²) in [5, 5.41) is 6.64. The maximum absolute atomic E-state index is 5.10. The largest absolute Gasteiger partial charge is 0.383 e. The zero-order valence-corrected chi connectivity index (χ0v) is 14.0. The molecule has 0 fully saturated rings. The van der Waals surface area contributed by atoms with Crippen molar-refractivity contribution in [3.63, 3.8) is 0 Å². The molecule has 0 radical (unpaired) electrons. The van der Waals surface area contributed by atoms with E-state index in [9.17, 15) is 0 Å². The summed E-state index contributed by atoms with van der Waals surface area (Å²) in [5.41, 5.74) is 0. The highest BCUT2D eigenvalue weighted by molar-refractivity contribution is 5.79. The number of methoxy groups -OCH3 is 1. The summed E-state index contributed by atoms with van der Waals surface area (Å²) in [5.74, 6) is 0.863. The molecule has 0 aliphatic heterocycles. The number of unbranched alkanes of at least 4 members (excludes halogenated alkanes) is 4. The molecular weight excluding hydrogens is 252 g/mol. The van der Waals surface area contributed by atoms with E-state index in [1.165, 1.54) is 38.6 Å². The van der Waals surface area contributed by atoms with Gasteiger partial charge in [-0.05, 0) is 40.4 Å². The number of guanidine groups is 1. The number of aliphatic imine (C=N–C) groups is 1. The van der Waals surface area contributed by atoms with Gasteiger partial charge >= 0.3 is 0 Å². The van der Waals surface area contributed by atoms with Crippen molar-refractivity contribution in [2.24, 2.45) is 4.99 Å². The van der Waals surface area contributed by atoms with Gasteiger partial charge in [-0.15, -0.1) is 0 Å². The van der Waals surface area contributed by atoms with Crippen molar-refractivity contribution in [3.8, 4) is 0 Å². The quantitative estimate of drug-likeness (QED) is 0.345. The Hall–Kier alpha value is -0.810. The average Bonchev–Trinajstić information content (AvgIpc) is 2.40. The molecule has 0 heterocycles. The SMILES string of the molecule is CN=C(NCCCCCCCN(C)C)NC(C)COC. The van der Waals surface area contributed by atoms with Gasteiger partial charge in [0.15, 0.2) is 5.96 Å². The van der Waals surface area contributed by atoms with Crippen LogP contribution in [0.4, 0.5) is 0 Å². The minimum absolute atomic E-state index is 0.275. The third-order valence-electron chi connectivity index (χ3n) is 3.10. The fraction of sp³-hybridized carbons (Fsp3) is 0.933. The van der Waals surface area contributed by atoms with Crippen LogP contribution in [0.25, 0.3) is 0 Å². The Morgan fingerprint density at radius 1 is 1.15 bits per heavy atom. The summed E-state index contributed by atoms with van der Waals surface area (Å²) in [6.45, 7) is 4.95. The van der Waals surface area contributed by atoms with E-state index in [2.05, 4.69) is 41.5 Å². The highest BCUT2D eigenvalue weighted by atomic mass is 16.5. The van der Waals surface area contributed by atoms with Gasteiger partial charge in [-0.3, -0.25) is 4.99 Å². The van der Waals surface area contributed by atoms with Crippen molar-refractivity contribution in [3.05, 3.63) is 0 Å². The van der Waals surface area contributed by atoms with Crippen molar-refractivity contribution < 1.29 is 4.74 Å². The first-order valence-corrected chi connectivity index (χ1v) is 7.71. The van der Waals surface area contributed by atoms with Crippen LogP contribution in [0.15, 0.2) is 4.99 Å². The summed E-state index contributed by atoms with van der Waals surface area (Å²) in [7, 11) is 7.78. The van der Waals surface area contributed by atoms with Gasteiger partial charge in [0.1, 0.15) is 0 Å². The number of rotatable bonds is 11. The maximum Gasteiger partial charge on any atom is 0.191 e. The lowest BCUT2D eigenvalue weighted by molar-refractivity contribution is 0.179. The van der Waals surface area contributed by atoms with E-state index in [1.54, 1.807) is 14.2 Å². The van der Waals surface area contributed by atoms with E-state index in [4.69, 9.17) is 4.74 Å². The van der Waals surface area contributed by atoms with Crippen LogP contribution in [0, 0.1) is 0 Å². The third kappa shape index (κ3) is 12.2. The van der Waals surface area contributed by atoms with Gasteiger partial charge in [-0.25, -0.2) is 0 Å². The molecule has 0 rings (SSSR count). The summed E-state index contributed by atoms with van der Waals surface area (Å²) < 4.78 is 5.10. The first-order valence-electron chi connectivity index (χ1n) is 7.71. The molecule has 0 aromatic carbocycles. The number of nitrogens with one attached hydrogen (secondary N) is 2. The number of hydrogen-bond donors (Lipinski definition) is 2. The van der Waals surface area contributed by atoms with Crippen LogP contribution in [0.1, 0.15) is 39.0 Å². The Morgan fingerprint density at radius 3 is 2.40 bits per heavy atom. The molecule has 0 amide bonds. The molecule has 0 bridgehead atoms. The van der Waals surface area contributed by atoms with E-state index >= 15 is 0 Å². The van der Waals surface area contributed by atoms with E-state index in [1.807, 2.05) is 0 Å². The van der Waals surface area contributed by atoms with Crippen LogP contribution in [-0.4, -0.2) is 64.9 Å². The fourth-order valence-corrected chi connectivity index (χ4v) is 2.01. The van der Waals surface area contributed by atoms with Crippen LogP contribution >= 0.6 is 0 Å². The van der Waals surface area contributed by atoms with E-state index in [0.717, 1.165) is 12.5 Å². The Balaban J connectivity index is 3.47. The molecule has 2 N–H and O–H groups in total. The molecule has 0 saturated carbocycles. The molecule has 20 heavy (non-hydrogen) atoms. The smallest absolute Gasteiger partial charge is 0.191 e. The van der Waals surface area contributed by atoms with Gasteiger partial charge in [0.05, 0.1) is 6.61 Å². The minimum atomic E-state index is 0.275. The van der Waals surface area contributed by atoms with Gasteiger partial charge in [0.2, 0.25) is 0 Å². The first kappa shape index (κ1) is 19.2. The summed E-state index contributed by atoms with van der Waals surface area (Å²) in [6, 6.07) is 0.275. The van der Waals surface area contributed by atoms with Gasteiger partial charge in [0, 0.05) is 26.7 Å². The fourth-order valence-electron chi connectivity index (χ4n) is 2.01. The van der Waals surface area contributed by atoms with Crippen LogP contribution in [0.2, 0.25) is 0 Å². The van der Waals surface area contributed by atoms with Crippen LogP contribution in [-0.2, 0) is 4.74 Å². The number of nitrogens with zero attached hydrogens (tertiary/aromatic N) is 2. The molecule has 0 aliphatic rings. The van der Waals surface area contributed by atoms with Crippen LogP contribution in [0.5, 0.6) is 0 Å². The summed E-state index contributed by atoms with van der Waals surface area (Å²) in [4.78, 5) is 6.46. The van der Waals surface area contributed by atoms with Crippen molar-refractivity contribution in [1.82, 2.24) is 15.5 Å². The summed E-state index contributed by atoms with van der Waals surface area (Å²) in [6.07, 6.45) is 6.43. The second-order valence-corrected chi connectivity index (χ2v) is 5.57. The predicted octanol–water partition coefficient (Wildman–Crippen LogP) is 1.70. The minimum Gasteiger partial charge on any atom is -0.383 e. The lowest BCUT2D eigenvalue weighted by Crippen LogP contribution is -2.44. The monoisotopic (exact) mass is 286 g/mol. The van der Waals surface area contributed by atoms with E-state index in [-0.39, 0.29) is 6.04 Å². The second kappa shape index (κ2) is 13.2. The van der Waals surface area contributed by atoms with Gasteiger partial charge in [0.25, 0.3) is 0 Å². The van der Waals surface area contributed by atoms with Crippen molar-refractivity contribution >= 4 is 5.96 Å². The predicted molar refractivity (Wildman–Crippen MR) is 87.5 cm³/mol. The Bertz CT molecular complexity index is 244. The molecular formula is C15H34N4O. The van der Waals surface area contributed by atoms with Gasteiger partial charge in [-0.2, -0.15) is 0 Å². The van der Waals surface area contributed by atoms with Crippen LogP contribution in [0.3, 0.4) is 0 Å². The zero-order valence-electron chi connectivity index (χ0n) is 14.0. The molecule has 5 heteroatoms. The molecule has 0 aliphatic carbocycles. The van der Waals surface area contributed by atoms with Gasteiger partial charge < -0.3 is 20.3 Å². The van der Waals surface area contributed by atoms with E-state index in [0.29, 0.717) is 6.61 Å². The number of hydrogen-bond acceptors (Lipinski definition) is 3. The molecule has 0 aromatic heterocycles. The van der Waals surface area contributed by atoms with Crippen molar-refractivity contribution in [2.75, 3.05) is 47.9 Å². The number of ether oxygens (including phenoxy) is 1. The highest BCUT2D eigenvalue weighted by Crippen LogP contribution is 2.02. The molecule has 1 unspecified atom stereocenters. The highest BCUT2D eigenvalue weighted by Gasteiger charge is 2.03. The molecule has 0 saturated heterocycles.